The molecule has 5 heteroatoms. The van der Waals surface area contributed by atoms with Crippen molar-refractivity contribution in [3.05, 3.63) is 151 Å². The number of dihydropyridines is 1. The van der Waals surface area contributed by atoms with Gasteiger partial charge in [0.05, 0.1) is 11.7 Å². The number of pyridine rings is 1. The van der Waals surface area contributed by atoms with Crippen molar-refractivity contribution in [2.45, 2.75) is 16.3 Å². The van der Waals surface area contributed by atoms with Gasteiger partial charge in [-0.05, 0) is 60.2 Å². The van der Waals surface area contributed by atoms with E-state index in [9.17, 15) is 0 Å². The lowest BCUT2D eigenvalue weighted by Gasteiger charge is -2.25. The van der Waals surface area contributed by atoms with E-state index in [1.165, 1.54) is 10.6 Å². The first-order valence-corrected chi connectivity index (χ1v) is 14.3. The molecule has 0 saturated heterocycles. The lowest BCUT2D eigenvalue weighted by Crippen LogP contribution is -2.37. The minimum Gasteiger partial charge on any atom is -0.381 e. The number of thioether (sulfide) groups is 1. The summed E-state index contributed by atoms with van der Waals surface area (Å²) in [6.45, 7) is 0. The molecule has 4 aromatic carbocycles. The number of hydrogen-bond acceptors (Lipinski definition) is 5. The first-order valence-electron chi connectivity index (χ1n) is 13.5. The zero-order chi connectivity index (χ0) is 26.7. The largest absolute Gasteiger partial charge is 0.381 e. The average molecular weight is 537 g/mol. The molecule has 2 unspecified atom stereocenters. The Morgan fingerprint density at radius 3 is 1.93 bits per heavy atom. The molecule has 0 aliphatic carbocycles. The maximum Gasteiger partial charge on any atom is 0.101 e. The number of nitrogens with zero attached hydrogens (tertiary/aromatic N) is 2. The molecule has 0 bridgehead atoms. The molecule has 40 heavy (non-hydrogen) atoms. The van der Waals surface area contributed by atoms with E-state index < -0.39 is 0 Å². The minimum absolute atomic E-state index is 0.221. The van der Waals surface area contributed by atoms with Gasteiger partial charge in [0.25, 0.3) is 0 Å². The van der Waals surface area contributed by atoms with Crippen molar-refractivity contribution in [3.8, 4) is 11.3 Å². The highest BCUT2D eigenvalue weighted by molar-refractivity contribution is 8.00. The van der Waals surface area contributed by atoms with Gasteiger partial charge in [0, 0.05) is 51.2 Å². The predicted octanol–water partition coefficient (Wildman–Crippen LogP) is 8.63. The Kier molecular flexibility index (Phi) is 6.56. The topological polar surface area (TPSA) is 40.2 Å². The van der Waals surface area contributed by atoms with Gasteiger partial charge >= 0.3 is 0 Å². The SMILES string of the molecule is C1=CC(C2Nc3ccccc3S2)NC=C1c1ccc(-c2ccc(N(c3ccccc3)c3ccccc3)cc2)nc1. The summed E-state index contributed by atoms with van der Waals surface area (Å²) in [6.07, 6.45) is 8.49. The summed E-state index contributed by atoms with van der Waals surface area (Å²) in [5, 5.41) is 7.46. The summed E-state index contributed by atoms with van der Waals surface area (Å²) in [5.74, 6) is 0. The van der Waals surface area contributed by atoms with E-state index in [0.717, 1.165) is 39.5 Å². The van der Waals surface area contributed by atoms with Gasteiger partial charge in [-0.2, -0.15) is 0 Å². The van der Waals surface area contributed by atoms with Crippen LogP contribution >= 0.6 is 11.8 Å². The maximum absolute atomic E-state index is 4.81. The Morgan fingerprint density at radius 2 is 1.30 bits per heavy atom. The Hall–Kier alpha value is -4.74. The van der Waals surface area contributed by atoms with Crippen LogP contribution in [0.3, 0.4) is 0 Å². The predicted molar refractivity (Wildman–Crippen MR) is 168 cm³/mol. The van der Waals surface area contributed by atoms with E-state index in [1.54, 1.807) is 0 Å². The molecule has 2 aliphatic heterocycles. The molecule has 0 spiro atoms. The van der Waals surface area contributed by atoms with Crippen LogP contribution in [0, 0.1) is 0 Å². The third-order valence-electron chi connectivity index (χ3n) is 7.23. The van der Waals surface area contributed by atoms with E-state index in [2.05, 4.69) is 143 Å². The zero-order valence-electron chi connectivity index (χ0n) is 21.8. The van der Waals surface area contributed by atoms with Crippen molar-refractivity contribution in [1.29, 1.82) is 0 Å². The van der Waals surface area contributed by atoms with Crippen LogP contribution < -0.4 is 15.5 Å². The van der Waals surface area contributed by atoms with E-state index in [-0.39, 0.29) is 11.4 Å². The van der Waals surface area contributed by atoms with E-state index in [1.807, 2.05) is 30.1 Å². The second-order valence-electron chi connectivity index (χ2n) is 9.82. The number of hydrogen-bond donors (Lipinski definition) is 2. The fraction of sp³-hybridized carbons (Fsp3) is 0.0571. The summed E-state index contributed by atoms with van der Waals surface area (Å²) in [5.41, 5.74) is 8.84. The number of rotatable bonds is 6. The van der Waals surface area contributed by atoms with Crippen LogP contribution in [0.4, 0.5) is 22.7 Å². The smallest absolute Gasteiger partial charge is 0.101 e. The first-order chi connectivity index (χ1) is 19.8. The van der Waals surface area contributed by atoms with Crippen molar-refractivity contribution < 1.29 is 0 Å². The van der Waals surface area contributed by atoms with E-state index in [4.69, 9.17) is 4.98 Å². The summed E-state index contributed by atoms with van der Waals surface area (Å²) in [6, 6.07) is 42.5. The number of aromatic nitrogens is 1. The molecule has 2 N–H and O–H groups in total. The Balaban J connectivity index is 1.06. The average Bonchev–Trinajstić information content (AvgIpc) is 3.48. The summed E-state index contributed by atoms with van der Waals surface area (Å²) in [4.78, 5) is 8.37. The molecule has 3 heterocycles. The first kappa shape index (κ1) is 24.3. The molecular formula is C35H28N4S. The van der Waals surface area contributed by atoms with Crippen LogP contribution in [-0.2, 0) is 0 Å². The van der Waals surface area contributed by atoms with Crippen LogP contribution in [0.25, 0.3) is 16.8 Å². The molecule has 2 atom stereocenters. The van der Waals surface area contributed by atoms with E-state index >= 15 is 0 Å². The number of allylic oxidation sites excluding steroid dienone is 2. The molecule has 0 radical (unpaired) electrons. The lowest BCUT2D eigenvalue weighted by atomic mass is 10.0. The van der Waals surface area contributed by atoms with Gasteiger partial charge in [-0.15, -0.1) is 0 Å². The molecule has 194 valence electrons. The van der Waals surface area contributed by atoms with Crippen molar-refractivity contribution in [2.75, 3.05) is 10.2 Å². The van der Waals surface area contributed by atoms with Crippen LogP contribution in [0.15, 0.2) is 151 Å². The highest BCUT2D eigenvalue weighted by Gasteiger charge is 2.27. The molecule has 0 saturated carbocycles. The van der Waals surface area contributed by atoms with Crippen molar-refractivity contribution in [3.63, 3.8) is 0 Å². The fourth-order valence-corrected chi connectivity index (χ4v) is 6.34. The molecule has 2 aliphatic rings. The van der Waals surface area contributed by atoms with Gasteiger partial charge in [-0.3, -0.25) is 4.98 Å². The van der Waals surface area contributed by atoms with Gasteiger partial charge < -0.3 is 15.5 Å². The second-order valence-corrected chi connectivity index (χ2v) is 11.0. The third-order valence-corrected chi connectivity index (χ3v) is 8.50. The monoisotopic (exact) mass is 536 g/mol. The van der Waals surface area contributed by atoms with Crippen molar-refractivity contribution in [1.82, 2.24) is 10.3 Å². The van der Waals surface area contributed by atoms with Crippen LogP contribution in [0.2, 0.25) is 0 Å². The molecule has 5 aromatic rings. The van der Waals surface area contributed by atoms with Gasteiger partial charge in [0.2, 0.25) is 0 Å². The molecule has 4 nitrogen and oxygen atoms in total. The highest BCUT2D eigenvalue weighted by Crippen LogP contribution is 2.40. The molecule has 0 fully saturated rings. The minimum atomic E-state index is 0.221. The normalized spacial score (nSPS) is 17.4. The highest BCUT2D eigenvalue weighted by atomic mass is 32.2. The van der Waals surface area contributed by atoms with Gasteiger partial charge in [-0.1, -0.05) is 90.6 Å². The Labute approximate surface area is 239 Å². The number of anilines is 4. The number of nitrogens with one attached hydrogen (secondary N) is 2. The summed E-state index contributed by atoms with van der Waals surface area (Å²) in [7, 11) is 0. The number of fused-ring (bicyclic) bond motifs is 1. The summed E-state index contributed by atoms with van der Waals surface area (Å²) < 4.78 is 0. The quantitative estimate of drug-likeness (QED) is 0.227. The van der Waals surface area contributed by atoms with E-state index in [0.29, 0.717) is 0 Å². The Morgan fingerprint density at radius 1 is 0.650 bits per heavy atom. The number of benzene rings is 4. The Bertz CT molecular complexity index is 1600. The molecular weight excluding hydrogens is 508 g/mol. The second kappa shape index (κ2) is 10.8. The molecule has 1 aromatic heterocycles. The van der Waals surface area contributed by atoms with Crippen LogP contribution in [0.5, 0.6) is 0 Å². The lowest BCUT2D eigenvalue weighted by molar-refractivity contribution is 0.698. The van der Waals surface area contributed by atoms with Crippen LogP contribution in [-0.4, -0.2) is 16.4 Å². The maximum atomic E-state index is 4.81. The zero-order valence-corrected chi connectivity index (χ0v) is 22.6. The van der Waals surface area contributed by atoms with Gasteiger partial charge in [0.1, 0.15) is 5.37 Å². The molecule has 7 rings (SSSR count). The van der Waals surface area contributed by atoms with Crippen molar-refractivity contribution in [2.24, 2.45) is 0 Å². The van der Waals surface area contributed by atoms with Crippen molar-refractivity contribution >= 4 is 40.1 Å². The standard InChI is InChI=1S/C35H28N4S/c1-3-9-28(10-4-1)39(29-11-5-2-6-12-29)30-19-15-25(16-20-30)31-21-17-26(23-36-31)27-18-22-33(37-24-27)35-38-32-13-7-8-14-34(32)40-35/h1-24,33,35,37-38H. The third kappa shape index (κ3) is 4.88. The fourth-order valence-electron chi connectivity index (χ4n) is 5.15. The van der Waals surface area contributed by atoms with Gasteiger partial charge in [-0.25, -0.2) is 0 Å². The van der Waals surface area contributed by atoms with Gasteiger partial charge in [0.15, 0.2) is 0 Å². The summed E-state index contributed by atoms with van der Waals surface area (Å²) >= 11 is 1.87. The molecule has 0 amide bonds. The number of para-hydroxylation sites is 3. The van der Waals surface area contributed by atoms with Crippen LogP contribution in [0.1, 0.15) is 5.56 Å².